The minimum Gasteiger partial charge on any atom is -0.325 e. The molecule has 0 saturated carbocycles. The average Bonchev–Trinajstić information content (AvgIpc) is 3.10. The van der Waals surface area contributed by atoms with Crippen LogP contribution in [0.1, 0.15) is 32.6 Å². The van der Waals surface area contributed by atoms with E-state index in [4.69, 9.17) is 0 Å². The minimum absolute atomic E-state index is 0.111. The van der Waals surface area contributed by atoms with Crippen LogP contribution in [-0.4, -0.2) is 27.8 Å². The smallest absolute Gasteiger partial charge is 0.257 e. The first kappa shape index (κ1) is 21.0. The van der Waals surface area contributed by atoms with Crippen LogP contribution in [0.4, 0.5) is 10.8 Å². The van der Waals surface area contributed by atoms with Crippen molar-refractivity contribution in [3.05, 3.63) is 64.2 Å². The van der Waals surface area contributed by atoms with Crippen molar-refractivity contribution in [1.82, 2.24) is 10.2 Å². The second-order valence-electron chi connectivity index (χ2n) is 6.79. The van der Waals surface area contributed by atoms with Gasteiger partial charge < -0.3 is 5.32 Å². The van der Waals surface area contributed by atoms with Gasteiger partial charge in [-0.1, -0.05) is 52.4 Å². The molecule has 150 valence electrons. The van der Waals surface area contributed by atoms with E-state index in [0.29, 0.717) is 15.0 Å². The van der Waals surface area contributed by atoms with E-state index >= 15 is 0 Å². The molecule has 0 aliphatic rings. The molecule has 0 unspecified atom stereocenters. The van der Waals surface area contributed by atoms with Crippen LogP contribution in [0.15, 0.2) is 40.7 Å². The first-order valence-corrected chi connectivity index (χ1v) is 10.8. The van der Waals surface area contributed by atoms with Crippen molar-refractivity contribution >= 4 is 45.7 Å². The normalized spacial score (nSPS) is 10.6. The summed E-state index contributed by atoms with van der Waals surface area (Å²) in [5.74, 6) is -0.121. The molecule has 0 aliphatic heterocycles. The number of aromatic nitrogens is 2. The average molecular weight is 427 g/mol. The zero-order valence-electron chi connectivity index (χ0n) is 16.7. The number of nitrogens with zero attached hydrogens (tertiary/aromatic N) is 2. The Bertz CT molecular complexity index is 1040. The van der Waals surface area contributed by atoms with Crippen LogP contribution in [0.5, 0.6) is 0 Å². The molecule has 2 aromatic carbocycles. The summed E-state index contributed by atoms with van der Waals surface area (Å²) in [6.45, 7) is 7.89. The molecular formula is C21H22N4O2S2. The summed E-state index contributed by atoms with van der Waals surface area (Å²) in [7, 11) is 0. The van der Waals surface area contributed by atoms with Gasteiger partial charge in [-0.15, -0.1) is 10.2 Å². The number of hydrogen-bond acceptors (Lipinski definition) is 6. The van der Waals surface area contributed by atoms with Gasteiger partial charge in [0.05, 0.1) is 5.75 Å². The highest BCUT2D eigenvalue weighted by molar-refractivity contribution is 8.01. The molecule has 0 bridgehead atoms. The Morgan fingerprint density at radius 1 is 1.00 bits per heavy atom. The molecule has 0 fully saturated rings. The Morgan fingerprint density at radius 3 is 2.45 bits per heavy atom. The molecule has 6 nitrogen and oxygen atoms in total. The van der Waals surface area contributed by atoms with Crippen LogP contribution < -0.4 is 10.6 Å². The van der Waals surface area contributed by atoms with Crippen molar-refractivity contribution < 1.29 is 9.59 Å². The van der Waals surface area contributed by atoms with Gasteiger partial charge in [-0.25, -0.2) is 0 Å². The van der Waals surface area contributed by atoms with E-state index in [9.17, 15) is 9.59 Å². The molecule has 2 N–H and O–H groups in total. The topological polar surface area (TPSA) is 84.0 Å². The SMILES string of the molecule is Cc1cc(C)cc(C(=O)Nc2nnc(SCC(=O)Nc3cccc(C)c3C)s2)c1. The van der Waals surface area contributed by atoms with Gasteiger partial charge in [0.1, 0.15) is 0 Å². The number of benzene rings is 2. The van der Waals surface area contributed by atoms with Crippen LogP contribution >= 0.6 is 23.1 Å². The lowest BCUT2D eigenvalue weighted by Crippen LogP contribution is -2.15. The number of aryl methyl sites for hydroxylation is 3. The van der Waals surface area contributed by atoms with Gasteiger partial charge in [0.2, 0.25) is 11.0 Å². The molecule has 3 rings (SSSR count). The van der Waals surface area contributed by atoms with Gasteiger partial charge in [0, 0.05) is 11.3 Å². The number of anilines is 2. The molecule has 0 saturated heterocycles. The first-order chi connectivity index (χ1) is 13.8. The lowest BCUT2D eigenvalue weighted by Gasteiger charge is -2.09. The molecule has 0 radical (unpaired) electrons. The number of carbonyl (C=O) groups excluding carboxylic acids is 2. The third kappa shape index (κ3) is 5.65. The number of amides is 2. The van der Waals surface area contributed by atoms with Crippen molar-refractivity contribution in [2.24, 2.45) is 0 Å². The van der Waals surface area contributed by atoms with Gasteiger partial charge >= 0.3 is 0 Å². The maximum absolute atomic E-state index is 12.4. The second-order valence-corrected chi connectivity index (χ2v) is 8.99. The van der Waals surface area contributed by atoms with Crippen molar-refractivity contribution in [3.63, 3.8) is 0 Å². The van der Waals surface area contributed by atoms with Gasteiger partial charge in [-0.3, -0.25) is 14.9 Å². The summed E-state index contributed by atoms with van der Waals surface area (Å²) in [4.78, 5) is 24.7. The molecule has 0 spiro atoms. The largest absolute Gasteiger partial charge is 0.325 e. The van der Waals surface area contributed by atoms with Crippen LogP contribution in [-0.2, 0) is 4.79 Å². The monoisotopic (exact) mass is 426 g/mol. The molecule has 3 aromatic rings. The van der Waals surface area contributed by atoms with Crippen molar-refractivity contribution in [3.8, 4) is 0 Å². The Kier molecular flexibility index (Phi) is 6.66. The second kappa shape index (κ2) is 9.19. The summed E-state index contributed by atoms with van der Waals surface area (Å²) in [6.07, 6.45) is 0. The van der Waals surface area contributed by atoms with Crippen LogP contribution in [0.3, 0.4) is 0 Å². The van der Waals surface area contributed by atoms with Crippen molar-refractivity contribution in [1.29, 1.82) is 0 Å². The number of nitrogens with one attached hydrogen (secondary N) is 2. The summed E-state index contributed by atoms with van der Waals surface area (Å²) < 4.78 is 0.622. The van der Waals surface area contributed by atoms with E-state index in [2.05, 4.69) is 20.8 Å². The zero-order valence-corrected chi connectivity index (χ0v) is 18.3. The van der Waals surface area contributed by atoms with E-state index in [1.807, 2.05) is 64.1 Å². The predicted octanol–water partition coefficient (Wildman–Crippen LogP) is 4.75. The quantitative estimate of drug-likeness (QED) is 0.439. The fraction of sp³-hybridized carbons (Fsp3) is 0.238. The summed E-state index contributed by atoms with van der Waals surface area (Å²) in [5.41, 5.74) is 5.63. The summed E-state index contributed by atoms with van der Waals surface area (Å²) >= 11 is 2.53. The van der Waals surface area contributed by atoms with Gasteiger partial charge in [0.15, 0.2) is 4.34 Å². The Balaban J connectivity index is 1.55. The van der Waals surface area contributed by atoms with E-state index in [0.717, 1.165) is 27.9 Å². The Morgan fingerprint density at radius 2 is 1.72 bits per heavy atom. The molecule has 29 heavy (non-hydrogen) atoms. The molecule has 0 atom stereocenters. The maximum atomic E-state index is 12.4. The van der Waals surface area contributed by atoms with E-state index < -0.39 is 0 Å². The fourth-order valence-corrected chi connectivity index (χ4v) is 4.34. The highest BCUT2D eigenvalue weighted by Crippen LogP contribution is 2.26. The predicted molar refractivity (Wildman–Crippen MR) is 119 cm³/mol. The fourth-order valence-electron chi connectivity index (χ4n) is 2.79. The first-order valence-electron chi connectivity index (χ1n) is 9.04. The molecule has 0 aliphatic carbocycles. The summed E-state index contributed by atoms with van der Waals surface area (Å²) in [6, 6.07) is 11.5. The third-order valence-corrected chi connectivity index (χ3v) is 6.29. The highest BCUT2D eigenvalue weighted by Gasteiger charge is 2.13. The minimum atomic E-state index is -0.225. The van der Waals surface area contributed by atoms with Crippen molar-refractivity contribution in [2.45, 2.75) is 32.0 Å². The lowest BCUT2D eigenvalue weighted by molar-refractivity contribution is -0.113. The highest BCUT2D eigenvalue weighted by atomic mass is 32.2. The van der Waals surface area contributed by atoms with Crippen molar-refractivity contribution in [2.75, 3.05) is 16.4 Å². The number of hydrogen-bond donors (Lipinski definition) is 2. The van der Waals surface area contributed by atoms with E-state index in [1.165, 1.54) is 23.1 Å². The molecular weight excluding hydrogens is 404 g/mol. The van der Waals surface area contributed by atoms with E-state index in [-0.39, 0.29) is 17.6 Å². The molecule has 8 heteroatoms. The number of thioether (sulfide) groups is 1. The molecule has 2 amide bonds. The van der Waals surface area contributed by atoms with Crippen LogP contribution in [0.25, 0.3) is 0 Å². The Hall–Kier alpha value is -2.71. The third-order valence-electron chi connectivity index (χ3n) is 4.32. The van der Waals surface area contributed by atoms with Gasteiger partial charge in [-0.05, 0) is 57.0 Å². The summed E-state index contributed by atoms with van der Waals surface area (Å²) in [5, 5.41) is 14.1. The standard InChI is InChI=1S/C21H22N4O2S2/c1-12-8-13(2)10-16(9-12)19(27)23-20-24-25-21(29-20)28-11-18(26)22-17-7-5-6-14(3)15(17)4/h5-10H,11H2,1-4H3,(H,22,26)(H,23,24,27). The number of rotatable bonds is 6. The lowest BCUT2D eigenvalue weighted by atomic mass is 10.1. The molecule has 1 aromatic heterocycles. The number of carbonyl (C=O) groups is 2. The Labute approximate surface area is 178 Å². The maximum Gasteiger partial charge on any atom is 0.257 e. The molecule has 1 heterocycles. The zero-order chi connectivity index (χ0) is 21.0. The van der Waals surface area contributed by atoms with E-state index in [1.54, 1.807) is 0 Å². The van der Waals surface area contributed by atoms with Crippen LogP contribution in [0.2, 0.25) is 0 Å². The van der Waals surface area contributed by atoms with Gasteiger partial charge in [-0.2, -0.15) is 0 Å². The van der Waals surface area contributed by atoms with Crippen LogP contribution in [0, 0.1) is 27.7 Å². The van der Waals surface area contributed by atoms with Gasteiger partial charge in [0.25, 0.3) is 5.91 Å².